The number of aliphatic hydroxyl groups is 1. The highest BCUT2D eigenvalue weighted by molar-refractivity contribution is 6.05. The van der Waals surface area contributed by atoms with Crippen molar-refractivity contribution in [1.29, 1.82) is 0 Å². The van der Waals surface area contributed by atoms with Gasteiger partial charge in [0.2, 0.25) is 5.78 Å². The van der Waals surface area contributed by atoms with Gasteiger partial charge in [-0.1, -0.05) is 13.8 Å². The molecule has 7 aliphatic rings. The first kappa shape index (κ1) is 16.5. The first-order chi connectivity index (χ1) is 13.4. The third-order valence-corrected chi connectivity index (χ3v) is 9.28. The molecule has 2 saturated carbocycles. The van der Waals surface area contributed by atoms with E-state index in [1.165, 1.54) is 0 Å². The number of cyclic esters (lactones) is 1. The standard InChI is InChI=1S/C21H24O7/c1-3-9(7-22)19-14(27-19)15-21(28-15)18(2)5-4-10-11(8-25-16(10)23)12(18)6-13-20(21,26-13)17(19)24/h9,12-15,22H,3-8H2,1-2H3/t9-,12-,13-,14-,15-,18-,19-,20+,21+/m0/s1. The van der Waals surface area contributed by atoms with Gasteiger partial charge in [-0.15, -0.1) is 0 Å². The molecule has 0 bridgehead atoms. The number of fused-ring (bicyclic) bond motifs is 4. The average Bonchev–Trinajstić information content (AvgIpc) is 3.57. The fourth-order valence-corrected chi connectivity index (χ4v) is 7.77. The Morgan fingerprint density at radius 3 is 2.79 bits per heavy atom. The third-order valence-electron chi connectivity index (χ3n) is 9.28. The fraction of sp³-hybridized carbons (Fsp3) is 0.810. The van der Waals surface area contributed by atoms with E-state index in [0.29, 0.717) is 25.9 Å². The van der Waals surface area contributed by atoms with Gasteiger partial charge in [0, 0.05) is 23.5 Å². The number of hydrogen-bond acceptors (Lipinski definition) is 7. The number of hydrogen-bond donors (Lipinski definition) is 1. The second-order valence-electron chi connectivity index (χ2n) is 9.85. The lowest BCUT2D eigenvalue weighted by atomic mass is 9.47. The molecule has 4 aliphatic heterocycles. The Morgan fingerprint density at radius 1 is 1.21 bits per heavy atom. The topological polar surface area (TPSA) is 101 Å². The summed E-state index contributed by atoms with van der Waals surface area (Å²) in [4.78, 5) is 25.9. The van der Waals surface area contributed by atoms with Gasteiger partial charge in [0.1, 0.15) is 24.4 Å². The van der Waals surface area contributed by atoms with E-state index in [2.05, 4.69) is 6.92 Å². The molecule has 3 saturated heterocycles. The van der Waals surface area contributed by atoms with Crippen LogP contribution in [0.3, 0.4) is 0 Å². The molecular formula is C21H24O7. The average molecular weight is 388 g/mol. The van der Waals surface area contributed by atoms with Gasteiger partial charge in [0.15, 0.2) is 11.2 Å². The van der Waals surface area contributed by atoms with E-state index < -0.39 is 16.8 Å². The van der Waals surface area contributed by atoms with Gasteiger partial charge in [0.25, 0.3) is 0 Å². The SMILES string of the molecule is CC[C@@H](CO)[C@]12O[C@H]1[C@@H]1O[C@@]13[C@@]1(C)CCC4=C(COC4=O)[C@@H]1C[C@@H]1O[C@@]13C2=O. The van der Waals surface area contributed by atoms with Crippen LogP contribution in [0, 0.1) is 17.3 Å². The number of carbonyl (C=O) groups is 2. The van der Waals surface area contributed by atoms with Crippen LogP contribution in [0.2, 0.25) is 0 Å². The molecule has 28 heavy (non-hydrogen) atoms. The molecule has 5 fully saturated rings. The normalized spacial score (nSPS) is 57.8. The molecule has 0 amide bonds. The Bertz CT molecular complexity index is 891. The van der Waals surface area contributed by atoms with E-state index in [0.717, 1.165) is 17.6 Å². The van der Waals surface area contributed by atoms with Crippen LogP contribution in [0.25, 0.3) is 0 Å². The number of rotatable bonds is 3. The molecule has 7 rings (SSSR count). The van der Waals surface area contributed by atoms with Crippen molar-refractivity contribution in [2.75, 3.05) is 13.2 Å². The van der Waals surface area contributed by atoms with Gasteiger partial charge < -0.3 is 24.1 Å². The van der Waals surface area contributed by atoms with Crippen molar-refractivity contribution in [2.45, 2.75) is 74.6 Å². The van der Waals surface area contributed by atoms with Crippen LogP contribution in [0.15, 0.2) is 11.1 Å². The van der Waals surface area contributed by atoms with Crippen molar-refractivity contribution < 1.29 is 33.6 Å². The lowest BCUT2D eigenvalue weighted by molar-refractivity contribution is -0.141. The number of Topliss-reactive ketones (excluding diaryl/α,β-unsaturated/α-hetero) is 1. The molecule has 7 nitrogen and oxygen atoms in total. The molecular weight excluding hydrogens is 364 g/mol. The quantitative estimate of drug-likeness (QED) is 0.560. The predicted octanol–water partition coefficient (Wildman–Crippen LogP) is 0.674. The number of esters is 1. The van der Waals surface area contributed by atoms with Crippen LogP contribution < -0.4 is 0 Å². The highest BCUT2D eigenvalue weighted by Crippen LogP contribution is 2.81. The number of carbonyl (C=O) groups excluding carboxylic acids is 2. The molecule has 0 aromatic rings. The molecule has 7 heteroatoms. The zero-order chi connectivity index (χ0) is 19.3. The first-order valence-electron chi connectivity index (χ1n) is 10.5. The number of ether oxygens (including phenoxy) is 4. The molecule has 3 aliphatic carbocycles. The molecule has 0 aromatic carbocycles. The zero-order valence-electron chi connectivity index (χ0n) is 16.0. The van der Waals surface area contributed by atoms with Gasteiger partial charge in [-0.25, -0.2) is 4.79 Å². The zero-order valence-corrected chi connectivity index (χ0v) is 16.0. The number of ketones is 1. The number of aliphatic hydroxyl groups excluding tert-OH is 1. The van der Waals surface area contributed by atoms with E-state index >= 15 is 0 Å². The molecule has 0 radical (unpaired) electrons. The summed E-state index contributed by atoms with van der Waals surface area (Å²) < 4.78 is 24.1. The van der Waals surface area contributed by atoms with Crippen molar-refractivity contribution in [3.05, 3.63) is 11.1 Å². The summed E-state index contributed by atoms with van der Waals surface area (Å²) in [6.07, 6.45) is 2.16. The molecule has 0 aromatic heterocycles. The van der Waals surface area contributed by atoms with Gasteiger partial charge in [-0.3, -0.25) is 4.79 Å². The van der Waals surface area contributed by atoms with Crippen molar-refractivity contribution in [2.24, 2.45) is 17.3 Å². The molecule has 150 valence electrons. The van der Waals surface area contributed by atoms with Crippen LogP contribution in [-0.2, 0) is 28.5 Å². The Balaban J connectivity index is 1.36. The maximum absolute atomic E-state index is 13.8. The lowest BCUT2D eigenvalue weighted by Gasteiger charge is -2.51. The Hall–Kier alpha value is -1.28. The Morgan fingerprint density at radius 2 is 2.04 bits per heavy atom. The highest BCUT2D eigenvalue weighted by Gasteiger charge is 3.01. The first-order valence-corrected chi connectivity index (χ1v) is 10.5. The maximum atomic E-state index is 13.8. The monoisotopic (exact) mass is 388 g/mol. The van der Waals surface area contributed by atoms with E-state index in [9.17, 15) is 14.7 Å². The maximum Gasteiger partial charge on any atom is 0.334 e. The van der Waals surface area contributed by atoms with Crippen LogP contribution in [0.5, 0.6) is 0 Å². The molecule has 2 spiro atoms. The summed E-state index contributed by atoms with van der Waals surface area (Å²) in [7, 11) is 0. The lowest BCUT2D eigenvalue weighted by Crippen LogP contribution is -2.68. The summed E-state index contributed by atoms with van der Waals surface area (Å²) in [5.74, 6) is -0.289. The van der Waals surface area contributed by atoms with E-state index in [-0.39, 0.29) is 53.9 Å². The van der Waals surface area contributed by atoms with Gasteiger partial charge in [0.05, 0.1) is 6.10 Å². The van der Waals surface area contributed by atoms with Crippen LogP contribution in [-0.4, -0.2) is 65.2 Å². The summed E-state index contributed by atoms with van der Waals surface area (Å²) in [5.41, 5.74) is -0.930. The van der Waals surface area contributed by atoms with Gasteiger partial charge in [-0.2, -0.15) is 0 Å². The van der Waals surface area contributed by atoms with E-state index in [1.54, 1.807) is 0 Å². The highest BCUT2D eigenvalue weighted by atomic mass is 16.7. The Labute approximate surface area is 162 Å². The van der Waals surface area contributed by atoms with E-state index in [4.69, 9.17) is 18.9 Å². The smallest absolute Gasteiger partial charge is 0.334 e. The molecule has 0 unspecified atom stereocenters. The van der Waals surface area contributed by atoms with Crippen molar-refractivity contribution in [3.63, 3.8) is 0 Å². The van der Waals surface area contributed by atoms with Crippen LogP contribution >= 0.6 is 0 Å². The minimum absolute atomic E-state index is 0.0113. The third kappa shape index (κ3) is 1.32. The molecule has 4 heterocycles. The summed E-state index contributed by atoms with van der Waals surface area (Å²) in [5, 5.41) is 9.88. The molecule has 9 atom stereocenters. The van der Waals surface area contributed by atoms with Crippen LogP contribution in [0.1, 0.15) is 39.5 Å². The predicted molar refractivity (Wildman–Crippen MR) is 92.1 cm³/mol. The second-order valence-corrected chi connectivity index (χ2v) is 9.85. The largest absolute Gasteiger partial charge is 0.458 e. The summed E-state index contributed by atoms with van der Waals surface area (Å²) >= 11 is 0. The fourth-order valence-electron chi connectivity index (χ4n) is 7.77. The van der Waals surface area contributed by atoms with Crippen molar-refractivity contribution >= 4 is 11.8 Å². The molecule has 1 N–H and O–H groups in total. The summed E-state index contributed by atoms with van der Waals surface area (Å²) in [6, 6.07) is 0. The van der Waals surface area contributed by atoms with Gasteiger partial charge >= 0.3 is 5.97 Å². The van der Waals surface area contributed by atoms with Crippen molar-refractivity contribution in [3.8, 4) is 0 Å². The van der Waals surface area contributed by atoms with Crippen molar-refractivity contribution in [1.82, 2.24) is 0 Å². The minimum atomic E-state index is -0.947. The van der Waals surface area contributed by atoms with Gasteiger partial charge in [-0.05, 0) is 37.2 Å². The second kappa shape index (κ2) is 4.41. The van der Waals surface area contributed by atoms with E-state index in [1.807, 2.05) is 6.92 Å². The van der Waals surface area contributed by atoms with Crippen LogP contribution in [0.4, 0.5) is 0 Å². The summed E-state index contributed by atoms with van der Waals surface area (Å²) in [6.45, 7) is 4.46. The Kier molecular flexibility index (Phi) is 2.60. The number of epoxide rings is 3. The minimum Gasteiger partial charge on any atom is -0.458 e.